The van der Waals surface area contributed by atoms with Crippen LogP contribution in [0.2, 0.25) is 0 Å². The second-order valence-corrected chi connectivity index (χ2v) is 6.04. The van der Waals surface area contributed by atoms with E-state index in [0.717, 1.165) is 10.0 Å². The van der Waals surface area contributed by atoms with Crippen LogP contribution >= 0.6 is 15.9 Å². The van der Waals surface area contributed by atoms with Gasteiger partial charge in [0, 0.05) is 4.47 Å². The Bertz CT molecular complexity index is 636. The molecular formula is C17H17BrO3. The third kappa shape index (κ3) is 3.93. The number of carbonyl (C=O) groups is 1. The second-order valence-electron chi connectivity index (χ2n) is 5.13. The summed E-state index contributed by atoms with van der Waals surface area (Å²) in [5.74, 6) is 0.393. The van der Waals surface area contributed by atoms with E-state index in [4.69, 9.17) is 4.74 Å². The summed E-state index contributed by atoms with van der Waals surface area (Å²) in [7, 11) is 0. The first-order valence-corrected chi connectivity index (χ1v) is 7.40. The zero-order valence-electron chi connectivity index (χ0n) is 12.0. The number of rotatable bonds is 5. The predicted octanol–water partition coefficient (Wildman–Crippen LogP) is 3.94. The molecule has 4 heteroatoms. The fourth-order valence-electron chi connectivity index (χ4n) is 2.01. The summed E-state index contributed by atoms with van der Waals surface area (Å²) in [6.45, 7) is 3.24. The van der Waals surface area contributed by atoms with Crippen LogP contribution in [0.3, 0.4) is 0 Å². The van der Waals surface area contributed by atoms with E-state index in [0.29, 0.717) is 11.3 Å². The molecule has 0 aliphatic rings. The summed E-state index contributed by atoms with van der Waals surface area (Å²) in [4.78, 5) is 11.6. The Morgan fingerprint density at radius 3 is 2.52 bits per heavy atom. The molecule has 1 N–H and O–H groups in total. The molecule has 0 aliphatic heterocycles. The smallest absolute Gasteiger partial charge is 0.163 e. The lowest BCUT2D eigenvalue weighted by molar-refractivity contribution is 0.00730. The summed E-state index contributed by atoms with van der Waals surface area (Å²) in [6, 6.07) is 14.5. The maximum Gasteiger partial charge on any atom is 0.163 e. The van der Waals surface area contributed by atoms with E-state index in [1.54, 1.807) is 25.1 Å². The standard InChI is InChI=1S/C17H17BrO3/c1-12(19)15-9-8-14(18)10-16(15)21-11-17(2,20)13-6-4-3-5-7-13/h3-10,20H,11H2,1-2H3. The van der Waals surface area contributed by atoms with Gasteiger partial charge in [-0.05, 0) is 37.6 Å². The Balaban J connectivity index is 2.20. The number of benzene rings is 2. The van der Waals surface area contributed by atoms with Gasteiger partial charge in [-0.15, -0.1) is 0 Å². The highest BCUT2D eigenvalue weighted by Crippen LogP contribution is 2.27. The van der Waals surface area contributed by atoms with Crippen LogP contribution in [0, 0.1) is 0 Å². The third-order valence-corrected chi connectivity index (χ3v) is 3.72. The number of ketones is 1. The van der Waals surface area contributed by atoms with E-state index in [1.807, 2.05) is 30.3 Å². The Morgan fingerprint density at radius 2 is 1.90 bits per heavy atom. The molecule has 0 fully saturated rings. The van der Waals surface area contributed by atoms with Crippen LogP contribution in [0.4, 0.5) is 0 Å². The minimum absolute atomic E-state index is 0.0632. The van der Waals surface area contributed by atoms with Gasteiger partial charge in [0.2, 0.25) is 0 Å². The number of ether oxygens (including phenoxy) is 1. The largest absolute Gasteiger partial charge is 0.489 e. The molecule has 0 aliphatic carbocycles. The maximum absolute atomic E-state index is 11.6. The van der Waals surface area contributed by atoms with Crippen LogP contribution < -0.4 is 4.74 Å². The average Bonchev–Trinajstić information content (AvgIpc) is 2.46. The topological polar surface area (TPSA) is 46.5 Å². The van der Waals surface area contributed by atoms with Crippen LogP contribution in [-0.4, -0.2) is 17.5 Å². The van der Waals surface area contributed by atoms with Crippen molar-refractivity contribution in [2.75, 3.05) is 6.61 Å². The normalized spacial score (nSPS) is 13.5. The van der Waals surface area contributed by atoms with Crippen molar-refractivity contribution >= 4 is 21.7 Å². The highest BCUT2D eigenvalue weighted by molar-refractivity contribution is 9.10. The molecule has 3 nitrogen and oxygen atoms in total. The van der Waals surface area contributed by atoms with E-state index in [9.17, 15) is 9.90 Å². The predicted molar refractivity (Wildman–Crippen MR) is 85.7 cm³/mol. The maximum atomic E-state index is 11.6. The SMILES string of the molecule is CC(=O)c1ccc(Br)cc1OCC(C)(O)c1ccccc1. The Kier molecular flexibility index (Phi) is 4.80. The quantitative estimate of drug-likeness (QED) is 0.832. The molecule has 21 heavy (non-hydrogen) atoms. The third-order valence-electron chi connectivity index (χ3n) is 3.23. The van der Waals surface area contributed by atoms with Crippen molar-refractivity contribution < 1.29 is 14.6 Å². The molecule has 0 spiro atoms. The van der Waals surface area contributed by atoms with Crippen molar-refractivity contribution in [3.63, 3.8) is 0 Å². The molecule has 0 aromatic heterocycles. The first-order valence-electron chi connectivity index (χ1n) is 6.61. The monoisotopic (exact) mass is 348 g/mol. The molecule has 110 valence electrons. The Labute approximate surface area is 132 Å². The number of aliphatic hydroxyl groups is 1. The van der Waals surface area contributed by atoms with Gasteiger partial charge in [-0.2, -0.15) is 0 Å². The lowest BCUT2D eigenvalue weighted by Crippen LogP contribution is -2.29. The fourth-order valence-corrected chi connectivity index (χ4v) is 2.35. The van der Waals surface area contributed by atoms with Crippen molar-refractivity contribution in [3.8, 4) is 5.75 Å². The van der Waals surface area contributed by atoms with E-state index < -0.39 is 5.60 Å². The first kappa shape index (κ1) is 15.7. The molecule has 2 aromatic rings. The molecule has 0 heterocycles. The lowest BCUT2D eigenvalue weighted by Gasteiger charge is -2.24. The van der Waals surface area contributed by atoms with Gasteiger partial charge < -0.3 is 9.84 Å². The molecule has 0 saturated carbocycles. The van der Waals surface area contributed by atoms with Gasteiger partial charge in [0.15, 0.2) is 5.78 Å². The number of carbonyl (C=O) groups excluding carboxylic acids is 1. The van der Waals surface area contributed by atoms with Crippen LogP contribution in [0.25, 0.3) is 0 Å². The molecule has 1 atom stereocenters. The molecule has 0 saturated heterocycles. The van der Waals surface area contributed by atoms with Crippen molar-refractivity contribution in [2.24, 2.45) is 0 Å². The molecule has 0 bridgehead atoms. The Morgan fingerprint density at radius 1 is 1.24 bits per heavy atom. The minimum Gasteiger partial charge on any atom is -0.489 e. The number of Topliss-reactive ketones (excluding diaryl/α,β-unsaturated/α-hetero) is 1. The van der Waals surface area contributed by atoms with Gasteiger partial charge in [0.1, 0.15) is 18.0 Å². The first-order chi connectivity index (χ1) is 9.90. The summed E-state index contributed by atoms with van der Waals surface area (Å²) in [5, 5.41) is 10.5. The summed E-state index contributed by atoms with van der Waals surface area (Å²) >= 11 is 3.36. The highest BCUT2D eigenvalue weighted by Gasteiger charge is 2.24. The van der Waals surface area contributed by atoms with Crippen molar-refractivity contribution in [1.29, 1.82) is 0 Å². The molecule has 1 unspecified atom stereocenters. The van der Waals surface area contributed by atoms with Gasteiger partial charge >= 0.3 is 0 Å². The van der Waals surface area contributed by atoms with Crippen molar-refractivity contribution in [1.82, 2.24) is 0 Å². The van der Waals surface area contributed by atoms with Gasteiger partial charge in [0.25, 0.3) is 0 Å². The molecule has 0 radical (unpaired) electrons. The number of hydrogen-bond acceptors (Lipinski definition) is 3. The number of halogens is 1. The van der Waals surface area contributed by atoms with Gasteiger partial charge in [-0.3, -0.25) is 4.79 Å². The summed E-state index contributed by atoms with van der Waals surface area (Å²) < 4.78 is 6.52. The second kappa shape index (κ2) is 6.41. The molecule has 2 rings (SSSR count). The molecule has 0 amide bonds. The van der Waals surface area contributed by atoms with E-state index in [1.165, 1.54) is 6.92 Å². The van der Waals surface area contributed by atoms with E-state index in [2.05, 4.69) is 15.9 Å². The van der Waals surface area contributed by atoms with Crippen LogP contribution in [0.5, 0.6) is 5.75 Å². The van der Waals surface area contributed by atoms with Crippen LogP contribution in [-0.2, 0) is 5.60 Å². The fraction of sp³-hybridized carbons (Fsp3) is 0.235. The summed E-state index contributed by atoms with van der Waals surface area (Å²) in [5.41, 5.74) is 0.143. The zero-order chi connectivity index (χ0) is 15.5. The molecule has 2 aromatic carbocycles. The van der Waals surface area contributed by atoms with Crippen LogP contribution in [0.15, 0.2) is 53.0 Å². The molecular weight excluding hydrogens is 332 g/mol. The minimum atomic E-state index is -1.13. The average molecular weight is 349 g/mol. The van der Waals surface area contributed by atoms with Crippen molar-refractivity contribution in [2.45, 2.75) is 19.4 Å². The van der Waals surface area contributed by atoms with Gasteiger partial charge in [0.05, 0.1) is 5.56 Å². The lowest BCUT2D eigenvalue weighted by atomic mass is 9.97. The van der Waals surface area contributed by atoms with Gasteiger partial charge in [-0.1, -0.05) is 46.3 Å². The number of hydrogen-bond donors (Lipinski definition) is 1. The highest BCUT2D eigenvalue weighted by atomic mass is 79.9. The Hall–Kier alpha value is -1.65. The van der Waals surface area contributed by atoms with Crippen LogP contribution in [0.1, 0.15) is 29.8 Å². The van der Waals surface area contributed by atoms with E-state index in [-0.39, 0.29) is 12.4 Å². The summed E-state index contributed by atoms with van der Waals surface area (Å²) in [6.07, 6.45) is 0. The van der Waals surface area contributed by atoms with E-state index >= 15 is 0 Å². The van der Waals surface area contributed by atoms with Crippen molar-refractivity contribution in [3.05, 3.63) is 64.1 Å². The zero-order valence-corrected chi connectivity index (χ0v) is 13.6. The van der Waals surface area contributed by atoms with Gasteiger partial charge in [-0.25, -0.2) is 0 Å².